The molecule has 0 atom stereocenters. The Morgan fingerprint density at radius 2 is 2.00 bits per heavy atom. The number of aromatic nitrogens is 1. The van der Waals surface area contributed by atoms with Gasteiger partial charge in [0.05, 0.1) is 17.7 Å². The molecule has 110 valence electrons. The minimum Gasteiger partial charge on any atom is -0.334 e. The quantitative estimate of drug-likeness (QED) is 0.917. The van der Waals surface area contributed by atoms with E-state index in [-0.39, 0.29) is 18.4 Å². The Morgan fingerprint density at radius 3 is 2.71 bits per heavy atom. The van der Waals surface area contributed by atoms with E-state index in [1.54, 1.807) is 6.20 Å². The molecular formula is C16H19N3O2. The van der Waals surface area contributed by atoms with Crippen molar-refractivity contribution in [2.45, 2.75) is 20.3 Å². The summed E-state index contributed by atoms with van der Waals surface area (Å²) in [7, 11) is 0. The predicted molar refractivity (Wildman–Crippen MR) is 82.9 cm³/mol. The number of pyridine rings is 1. The number of hydrogen-bond donors (Lipinski definition) is 1. The van der Waals surface area contributed by atoms with E-state index in [1.165, 1.54) is 11.8 Å². The molecule has 1 aromatic heterocycles. The Kier molecular flexibility index (Phi) is 4.87. The molecule has 2 aromatic rings. The summed E-state index contributed by atoms with van der Waals surface area (Å²) >= 11 is 0. The van der Waals surface area contributed by atoms with E-state index in [1.807, 2.05) is 37.3 Å². The minimum absolute atomic E-state index is 0.0619. The summed E-state index contributed by atoms with van der Waals surface area (Å²) in [4.78, 5) is 29.4. The van der Waals surface area contributed by atoms with E-state index < -0.39 is 0 Å². The summed E-state index contributed by atoms with van der Waals surface area (Å²) in [5, 5.41) is 3.80. The second kappa shape index (κ2) is 6.83. The summed E-state index contributed by atoms with van der Waals surface area (Å²) in [6, 6.07) is 9.42. The second-order valence-electron chi connectivity index (χ2n) is 4.87. The number of nitrogens with one attached hydrogen (secondary N) is 1. The maximum absolute atomic E-state index is 12.1. The molecule has 0 aliphatic heterocycles. The number of fused-ring (bicyclic) bond motifs is 1. The van der Waals surface area contributed by atoms with Crippen molar-refractivity contribution in [2.75, 3.05) is 18.4 Å². The zero-order valence-corrected chi connectivity index (χ0v) is 12.3. The Morgan fingerprint density at radius 1 is 1.24 bits per heavy atom. The lowest BCUT2D eigenvalue weighted by atomic mass is 10.2. The first kappa shape index (κ1) is 15.0. The summed E-state index contributed by atoms with van der Waals surface area (Å²) < 4.78 is 0. The van der Waals surface area contributed by atoms with Crippen molar-refractivity contribution in [3.63, 3.8) is 0 Å². The third-order valence-electron chi connectivity index (χ3n) is 3.18. The van der Waals surface area contributed by atoms with Crippen molar-refractivity contribution >= 4 is 28.4 Å². The van der Waals surface area contributed by atoms with Crippen LogP contribution in [0.2, 0.25) is 0 Å². The van der Waals surface area contributed by atoms with Gasteiger partial charge in [0.1, 0.15) is 0 Å². The first-order chi connectivity index (χ1) is 10.1. The molecule has 21 heavy (non-hydrogen) atoms. The highest BCUT2D eigenvalue weighted by Gasteiger charge is 2.13. The molecule has 1 heterocycles. The summed E-state index contributed by atoms with van der Waals surface area (Å²) in [5.41, 5.74) is 1.41. The number of carbonyl (C=O) groups is 2. The summed E-state index contributed by atoms with van der Waals surface area (Å²) in [6.07, 6.45) is 2.51. The Hall–Kier alpha value is -2.43. The predicted octanol–water partition coefficient (Wildman–Crippen LogP) is 2.43. The van der Waals surface area contributed by atoms with Gasteiger partial charge in [0.25, 0.3) is 0 Å². The van der Waals surface area contributed by atoms with Crippen molar-refractivity contribution in [1.82, 2.24) is 9.88 Å². The molecule has 0 bridgehead atoms. The first-order valence-corrected chi connectivity index (χ1v) is 7.01. The number of benzene rings is 1. The van der Waals surface area contributed by atoms with Gasteiger partial charge in [-0.2, -0.15) is 0 Å². The van der Waals surface area contributed by atoms with Gasteiger partial charge >= 0.3 is 0 Å². The number of anilines is 1. The number of para-hydroxylation sites is 1. The van der Waals surface area contributed by atoms with Crippen molar-refractivity contribution in [1.29, 1.82) is 0 Å². The molecule has 0 fully saturated rings. The molecule has 1 aromatic carbocycles. The number of amides is 2. The Balaban J connectivity index is 2.13. The molecule has 1 N–H and O–H groups in total. The van der Waals surface area contributed by atoms with Crippen LogP contribution in [0.3, 0.4) is 0 Å². The molecule has 0 unspecified atom stereocenters. The van der Waals surface area contributed by atoms with Gasteiger partial charge in [-0.1, -0.05) is 25.1 Å². The van der Waals surface area contributed by atoms with Crippen LogP contribution in [0.1, 0.15) is 20.3 Å². The van der Waals surface area contributed by atoms with Gasteiger partial charge in [0, 0.05) is 25.1 Å². The SMILES string of the molecule is CCCN(CC(=O)Nc1cccc2cccnc12)C(C)=O. The fourth-order valence-electron chi connectivity index (χ4n) is 2.19. The standard InChI is InChI=1S/C16H19N3O2/c1-3-10-19(12(2)20)11-15(21)18-14-8-4-6-13-7-5-9-17-16(13)14/h4-9H,3,10-11H2,1-2H3,(H,18,21). The van der Waals surface area contributed by atoms with Crippen LogP contribution in [0.25, 0.3) is 10.9 Å². The van der Waals surface area contributed by atoms with Gasteiger partial charge in [0.2, 0.25) is 11.8 Å². The highest BCUT2D eigenvalue weighted by atomic mass is 16.2. The van der Waals surface area contributed by atoms with Crippen LogP contribution in [0.5, 0.6) is 0 Å². The van der Waals surface area contributed by atoms with Gasteiger partial charge in [-0.25, -0.2) is 0 Å². The molecule has 5 nitrogen and oxygen atoms in total. The average molecular weight is 285 g/mol. The monoisotopic (exact) mass is 285 g/mol. The topological polar surface area (TPSA) is 62.3 Å². The zero-order valence-electron chi connectivity index (χ0n) is 12.3. The Bertz CT molecular complexity index is 650. The third kappa shape index (κ3) is 3.78. The van der Waals surface area contributed by atoms with Crippen LogP contribution in [0.4, 0.5) is 5.69 Å². The molecule has 0 aliphatic carbocycles. The zero-order chi connectivity index (χ0) is 15.2. The second-order valence-corrected chi connectivity index (χ2v) is 4.87. The fourth-order valence-corrected chi connectivity index (χ4v) is 2.19. The van der Waals surface area contributed by atoms with E-state index >= 15 is 0 Å². The molecule has 0 saturated heterocycles. The number of carbonyl (C=O) groups excluding carboxylic acids is 2. The van der Waals surface area contributed by atoms with Gasteiger partial charge in [-0.15, -0.1) is 0 Å². The maximum atomic E-state index is 12.1. The highest BCUT2D eigenvalue weighted by Crippen LogP contribution is 2.20. The van der Waals surface area contributed by atoms with Crippen LogP contribution in [-0.2, 0) is 9.59 Å². The van der Waals surface area contributed by atoms with E-state index in [0.717, 1.165) is 17.3 Å². The number of nitrogens with zero attached hydrogens (tertiary/aromatic N) is 2. The average Bonchev–Trinajstić information content (AvgIpc) is 2.47. The van der Waals surface area contributed by atoms with Gasteiger partial charge in [0.15, 0.2) is 0 Å². The van der Waals surface area contributed by atoms with Crippen LogP contribution in [0, 0.1) is 0 Å². The van der Waals surface area contributed by atoms with Crippen LogP contribution in [-0.4, -0.2) is 34.8 Å². The molecular weight excluding hydrogens is 266 g/mol. The summed E-state index contributed by atoms with van der Waals surface area (Å²) in [6.45, 7) is 4.09. The minimum atomic E-state index is -0.211. The van der Waals surface area contributed by atoms with Gasteiger partial charge in [-0.3, -0.25) is 14.6 Å². The molecule has 0 aliphatic rings. The molecule has 0 saturated carbocycles. The highest BCUT2D eigenvalue weighted by molar-refractivity contribution is 6.01. The summed E-state index contributed by atoms with van der Waals surface area (Å²) in [5.74, 6) is -0.306. The van der Waals surface area contributed by atoms with Crippen LogP contribution in [0.15, 0.2) is 36.5 Å². The largest absolute Gasteiger partial charge is 0.334 e. The third-order valence-corrected chi connectivity index (χ3v) is 3.18. The fraction of sp³-hybridized carbons (Fsp3) is 0.312. The van der Waals surface area contributed by atoms with Crippen LogP contribution < -0.4 is 5.32 Å². The molecule has 2 amide bonds. The molecule has 2 rings (SSSR count). The number of rotatable bonds is 5. The number of hydrogen-bond acceptors (Lipinski definition) is 3. The van der Waals surface area contributed by atoms with Crippen molar-refractivity contribution in [3.05, 3.63) is 36.5 Å². The van der Waals surface area contributed by atoms with Gasteiger partial charge in [-0.05, 0) is 18.6 Å². The lowest BCUT2D eigenvalue weighted by Gasteiger charge is -2.19. The lowest BCUT2D eigenvalue weighted by Crippen LogP contribution is -2.37. The van der Waals surface area contributed by atoms with Crippen LogP contribution >= 0.6 is 0 Å². The van der Waals surface area contributed by atoms with Crippen molar-refractivity contribution in [3.8, 4) is 0 Å². The van der Waals surface area contributed by atoms with E-state index in [9.17, 15) is 9.59 Å². The molecule has 0 spiro atoms. The van der Waals surface area contributed by atoms with E-state index in [4.69, 9.17) is 0 Å². The first-order valence-electron chi connectivity index (χ1n) is 7.01. The van der Waals surface area contributed by atoms with Crippen molar-refractivity contribution < 1.29 is 9.59 Å². The van der Waals surface area contributed by atoms with E-state index in [2.05, 4.69) is 10.3 Å². The molecule has 0 radical (unpaired) electrons. The van der Waals surface area contributed by atoms with Gasteiger partial charge < -0.3 is 10.2 Å². The lowest BCUT2D eigenvalue weighted by molar-refractivity contribution is -0.132. The van der Waals surface area contributed by atoms with Crippen molar-refractivity contribution in [2.24, 2.45) is 0 Å². The maximum Gasteiger partial charge on any atom is 0.244 e. The normalized spacial score (nSPS) is 10.4. The molecule has 5 heteroatoms. The van der Waals surface area contributed by atoms with E-state index in [0.29, 0.717) is 12.2 Å². The Labute approximate surface area is 124 Å². The smallest absolute Gasteiger partial charge is 0.244 e.